The van der Waals surface area contributed by atoms with Gasteiger partial charge in [0.05, 0.1) is 27.7 Å². The number of likely N-dealkylation sites (N-methyl/N-ethyl adjacent to an activating group) is 1. The zero-order chi connectivity index (χ0) is 58.4. The summed E-state index contributed by atoms with van der Waals surface area (Å²) in [4.78, 5) is 38.0. The molecule has 474 valence electrons. The van der Waals surface area contributed by atoms with Gasteiger partial charge in [0.15, 0.2) is 6.10 Å². The third kappa shape index (κ3) is 65.6. The summed E-state index contributed by atoms with van der Waals surface area (Å²) in [5, 5.41) is 0. The van der Waals surface area contributed by atoms with Crippen LogP contribution in [0.15, 0.2) is 24.3 Å². The van der Waals surface area contributed by atoms with Crippen molar-refractivity contribution in [2.24, 2.45) is 0 Å². The van der Waals surface area contributed by atoms with Crippen molar-refractivity contribution < 1.29 is 42.1 Å². The number of esters is 2. The fourth-order valence-electron chi connectivity index (χ4n) is 10.5. The summed E-state index contributed by atoms with van der Waals surface area (Å²) in [5.74, 6) is -0.815. The topological polar surface area (TPSA) is 111 Å². The van der Waals surface area contributed by atoms with Crippen LogP contribution in [0.4, 0.5) is 0 Å². The number of hydrogen-bond acceptors (Lipinski definition) is 8. The molecule has 0 rings (SSSR count). The van der Waals surface area contributed by atoms with Gasteiger partial charge in [-0.15, -0.1) is 0 Å². The van der Waals surface area contributed by atoms with E-state index < -0.39 is 26.5 Å². The van der Waals surface area contributed by atoms with E-state index in [-0.39, 0.29) is 32.0 Å². The molecule has 0 aliphatic carbocycles. The van der Waals surface area contributed by atoms with E-state index >= 15 is 0 Å². The highest BCUT2D eigenvalue weighted by atomic mass is 31.2. The zero-order valence-corrected chi connectivity index (χ0v) is 55.0. The zero-order valence-electron chi connectivity index (χ0n) is 54.1. The van der Waals surface area contributed by atoms with E-state index in [0.717, 1.165) is 32.1 Å². The summed E-state index contributed by atoms with van der Waals surface area (Å²) in [6.07, 6.45) is 77.0. The number of nitrogens with zero attached hydrogens (tertiary/aromatic N) is 1. The van der Waals surface area contributed by atoms with Crippen molar-refractivity contribution in [3.8, 4) is 0 Å². The summed E-state index contributed by atoms with van der Waals surface area (Å²) < 4.78 is 34.3. The molecule has 0 aromatic heterocycles. The summed E-state index contributed by atoms with van der Waals surface area (Å²) in [6, 6.07) is 0. The van der Waals surface area contributed by atoms with Crippen LogP contribution in [-0.4, -0.2) is 70.0 Å². The number of carbonyl (C=O) groups is 2. The lowest BCUT2D eigenvalue weighted by Crippen LogP contribution is -2.37. The number of phosphoric ester groups is 1. The first kappa shape index (κ1) is 78.5. The predicted octanol–water partition coefficient (Wildman–Crippen LogP) is 21.9. The molecule has 0 spiro atoms. The van der Waals surface area contributed by atoms with E-state index in [2.05, 4.69) is 38.2 Å². The maximum atomic E-state index is 12.8. The van der Waals surface area contributed by atoms with E-state index in [1.54, 1.807) is 0 Å². The van der Waals surface area contributed by atoms with Gasteiger partial charge in [0.1, 0.15) is 19.8 Å². The lowest BCUT2D eigenvalue weighted by molar-refractivity contribution is -0.870. The van der Waals surface area contributed by atoms with Gasteiger partial charge >= 0.3 is 11.9 Å². The Kier molecular flexibility index (Phi) is 60.9. The third-order valence-corrected chi connectivity index (χ3v) is 16.9. The quantitative estimate of drug-likeness (QED) is 0.0195. The molecule has 0 aliphatic heterocycles. The fraction of sp³-hybridized carbons (Fsp3) is 0.914. The number of phosphoric acid groups is 1. The summed E-state index contributed by atoms with van der Waals surface area (Å²) in [7, 11) is 1.19. The normalized spacial score (nSPS) is 13.2. The molecular formula is C70H136NO8P. The van der Waals surface area contributed by atoms with E-state index in [9.17, 15) is 19.0 Å². The first-order valence-electron chi connectivity index (χ1n) is 35.0. The van der Waals surface area contributed by atoms with Crippen LogP contribution < -0.4 is 4.89 Å². The first-order chi connectivity index (χ1) is 39.0. The number of hydrogen-bond donors (Lipinski definition) is 0. The van der Waals surface area contributed by atoms with Crippen molar-refractivity contribution >= 4 is 19.8 Å². The Hall–Kier alpha value is -1.51. The maximum Gasteiger partial charge on any atom is 0.306 e. The molecule has 0 saturated heterocycles. The smallest absolute Gasteiger partial charge is 0.306 e. The van der Waals surface area contributed by atoms with Crippen LogP contribution in [0, 0.1) is 0 Å². The first-order valence-corrected chi connectivity index (χ1v) is 36.5. The molecular weight excluding hydrogens is 1010 g/mol. The average molecular weight is 1150 g/mol. The predicted molar refractivity (Wildman–Crippen MR) is 342 cm³/mol. The molecule has 0 heterocycles. The van der Waals surface area contributed by atoms with E-state index in [1.165, 1.54) is 295 Å². The molecule has 2 unspecified atom stereocenters. The number of ether oxygens (including phenoxy) is 2. The maximum absolute atomic E-state index is 12.8. The third-order valence-electron chi connectivity index (χ3n) is 15.9. The summed E-state index contributed by atoms with van der Waals surface area (Å²) in [6.45, 7) is 4.30. The van der Waals surface area contributed by atoms with Gasteiger partial charge in [0, 0.05) is 12.8 Å². The monoisotopic (exact) mass is 1150 g/mol. The van der Waals surface area contributed by atoms with Crippen molar-refractivity contribution in [1.29, 1.82) is 0 Å². The van der Waals surface area contributed by atoms with Crippen LogP contribution in [0.2, 0.25) is 0 Å². The highest BCUT2D eigenvalue weighted by molar-refractivity contribution is 7.45. The number of rotatable bonds is 66. The number of carbonyl (C=O) groups excluding carboxylic acids is 2. The molecule has 10 heteroatoms. The van der Waals surface area contributed by atoms with Crippen LogP contribution in [0.3, 0.4) is 0 Å². The van der Waals surface area contributed by atoms with Crippen LogP contribution in [0.1, 0.15) is 361 Å². The van der Waals surface area contributed by atoms with E-state index in [0.29, 0.717) is 17.4 Å². The van der Waals surface area contributed by atoms with Crippen LogP contribution >= 0.6 is 7.82 Å². The highest BCUT2D eigenvalue weighted by Gasteiger charge is 2.22. The van der Waals surface area contributed by atoms with Gasteiger partial charge in [-0.3, -0.25) is 14.2 Å². The molecule has 9 nitrogen and oxygen atoms in total. The van der Waals surface area contributed by atoms with Crippen molar-refractivity contribution in [2.75, 3.05) is 47.5 Å². The lowest BCUT2D eigenvalue weighted by Gasteiger charge is -2.28. The van der Waals surface area contributed by atoms with Crippen molar-refractivity contribution in [3.63, 3.8) is 0 Å². The Morgan fingerprint density at radius 3 is 0.925 bits per heavy atom. The minimum atomic E-state index is -4.64. The molecule has 0 N–H and O–H groups in total. The minimum absolute atomic E-state index is 0.0278. The number of quaternary nitrogens is 1. The molecule has 0 bridgehead atoms. The van der Waals surface area contributed by atoms with Crippen LogP contribution in [0.5, 0.6) is 0 Å². The van der Waals surface area contributed by atoms with Gasteiger partial charge in [0.2, 0.25) is 0 Å². The molecule has 0 amide bonds. The molecule has 0 fully saturated rings. The Morgan fingerprint density at radius 1 is 0.375 bits per heavy atom. The second kappa shape index (κ2) is 62.0. The van der Waals surface area contributed by atoms with Crippen molar-refractivity contribution in [3.05, 3.63) is 24.3 Å². The van der Waals surface area contributed by atoms with E-state index in [4.69, 9.17) is 18.5 Å². The van der Waals surface area contributed by atoms with Crippen LogP contribution in [-0.2, 0) is 32.7 Å². The largest absolute Gasteiger partial charge is 0.756 e. The molecule has 0 saturated carbocycles. The van der Waals surface area contributed by atoms with Gasteiger partial charge in [-0.05, 0) is 64.2 Å². The summed E-state index contributed by atoms with van der Waals surface area (Å²) in [5.41, 5.74) is 0. The molecule has 80 heavy (non-hydrogen) atoms. The Balaban J connectivity index is 3.92. The summed E-state index contributed by atoms with van der Waals surface area (Å²) >= 11 is 0. The molecule has 0 aromatic rings. The second-order valence-electron chi connectivity index (χ2n) is 25.2. The van der Waals surface area contributed by atoms with Crippen molar-refractivity contribution in [2.45, 2.75) is 367 Å². The second-order valence-corrected chi connectivity index (χ2v) is 26.7. The van der Waals surface area contributed by atoms with Crippen LogP contribution in [0.25, 0.3) is 0 Å². The number of allylic oxidation sites excluding steroid dienone is 4. The van der Waals surface area contributed by atoms with Gasteiger partial charge in [0.25, 0.3) is 7.82 Å². The highest BCUT2D eigenvalue weighted by Crippen LogP contribution is 2.38. The lowest BCUT2D eigenvalue weighted by atomic mass is 10.0. The Labute approximate surface area is 498 Å². The molecule has 2 atom stereocenters. The van der Waals surface area contributed by atoms with Gasteiger partial charge in [-0.2, -0.15) is 0 Å². The molecule has 0 radical (unpaired) electrons. The number of unbranched alkanes of at least 4 members (excludes halogenated alkanes) is 48. The average Bonchev–Trinajstić information content (AvgIpc) is 3.42. The standard InChI is InChI=1S/C70H136NO8P/c1-6-8-10-12-14-16-18-20-22-24-26-27-28-29-30-31-32-33-34-35-36-37-38-39-40-41-42-43-45-47-49-51-53-55-57-59-61-63-70(73)79-68(67-78-80(74,75)77-65-64-71(3,4)5)66-76-69(72)62-60-58-56-54-52-50-48-46-44-25-23-21-19-17-15-13-11-9-7-2/h21,23-24,26,68H,6-20,22,25,27-67H2,1-5H3/b23-21-,26-24-. The van der Waals surface area contributed by atoms with Gasteiger partial charge in [-0.1, -0.05) is 308 Å². The minimum Gasteiger partial charge on any atom is -0.756 e. The molecule has 0 aromatic carbocycles. The Bertz CT molecular complexity index is 1400. The van der Waals surface area contributed by atoms with Gasteiger partial charge < -0.3 is 27.9 Å². The molecule has 0 aliphatic rings. The van der Waals surface area contributed by atoms with Gasteiger partial charge in [-0.25, -0.2) is 0 Å². The van der Waals surface area contributed by atoms with E-state index in [1.807, 2.05) is 21.1 Å². The van der Waals surface area contributed by atoms with Crippen molar-refractivity contribution in [1.82, 2.24) is 0 Å². The Morgan fingerprint density at radius 2 is 0.637 bits per heavy atom. The SMILES string of the molecule is CCCCCCCC/C=C\CCCCCCCCCCCC(=O)OCC(COP(=O)([O-])OCC[N+](C)(C)C)OC(=O)CCCCCCCCCCCCCCCCCCCCCCCCCCC/C=C\CCCCCCCCCC. The fourth-order valence-corrected chi connectivity index (χ4v) is 11.3.